The molecular formula is C15H19N3O2. The van der Waals surface area contributed by atoms with Crippen molar-refractivity contribution in [3.05, 3.63) is 41.0 Å². The average Bonchev–Trinajstić information content (AvgIpc) is 2.93. The number of nitrogens with two attached hydrogens (primary N) is 1. The van der Waals surface area contributed by atoms with Crippen LogP contribution in [-0.4, -0.2) is 16.7 Å². The molecule has 5 heteroatoms. The number of nitrogens with zero attached hydrogens (tertiary/aromatic N) is 2. The van der Waals surface area contributed by atoms with Gasteiger partial charge in [-0.2, -0.15) is 4.98 Å². The molecule has 0 saturated heterocycles. The standard InChI is InChI=1S/C15H19N3O2/c16-9-8-15-17-14(18-20-15)10-19-13-7-3-5-11-4-1-2-6-12(11)13/h3,5,7H,1-2,4,6,8-10,16H2. The van der Waals surface area contributed by atoms with Crippen molar-refractivity contribution in [3.63, 3.8) is 0 Å². The van der Waals surface area contributed by atoms with E-state index < -0.39 is 0 Å². The minimum absolute atomic E-state index is 0.338. The van der Waals surface area contributed by atoms with E-state index in [1.807, 2.05) is 6.07 Å². The molecule has 0 bridgehead atoms. The Balaban J connectivity index is 1.68. The van der Waals surface area contributed by atoms with E-state index in [2.05, 4.69) is 22.3 Å². The van der Waals surface area contributed by atoms with Crippen LogP contribution in [0.5, 0.6) is 5.75 Å². The van der Waals surface area contributed by atoms with Gasteiger partial charge in [-0.1, -0.05) is 17.3 Å². The van der Waals surface area contributed by atoms with Crippen molar-refractivity contribution >= 4 is 0 Å². The first-order chi connectivity index (χ1) is 9.86. The second-order valence-corrected chi connectivity index (χ2v) is 5.03. The van der Waals surface area contributed by atoms with Crippen LogP contribution in [0.3, 0.4) is 0 Å². The molecule has 1 aromatic carbocycles. The number of fused-ring (bicyclic) bond motifs is 1. The highest BCUT2D eigenvalue weighted by Crippen LogP contribution is 2.29. The summed E-state index contributed by atoms with van der Waals surface area (Å²) in [6, 6.07) is 6.26. The van der Waals surface area contributed by atoms with Gasteiger partial charge in [-0.05, 0) is 42.9 Å². The SMILES string of the molecule is NCCc1nc(COc2cccc3c2CCCC3)no1. The van der Waals surface area contributed by atoms with E-state index in [0.29, 0.717) is 31.3 Å². The number of aryl methyl sites for hydroxylation is 1. The third kappa shape index (κ3) is 2.82. The number of rotatable bonds is 5. The molecule has 3 rings (SSSR count). The lowest BCUT2D eigenvalue weighted by Gasteiger charge is -2.18. The van der Waals surface area contributed by atoms with E-state index in [9.17, 15) is 0 Å². The lowest BCUT2D eigenvalue weighted by atomic mass is 9.91. The Morgan fingerprint density at radius 3 is 3.05 bits per heavy atom. The van der Waals surface area contributed by atoms with Crippen molar-refractivity contribution in [2.45, 2.75) is 38.7 Å². The second kappa shape index (κ2) is 6.05. The summed E-state index contributed by atoms with van der Waals surface area (Å²) in [7, 11) is 0. The third-order valence-corrected chi connectivity index (χ3v) is 3.58. The first-order valence-corrected chi connectivity index (χ1v) is 7.12. The highest BCUT2D eigenvalue weighted by atomic mass is 16.5. The van der Waals surface area contributed by atoms with E-state index in [1.165, 1.54) is 24.0 Å². The van der Waals surface area contributed by atoms with Crippen LogP contribution >= 0.6 is 0 Å². The zero-order chi connectivity index (χ0) is 13.8. The molecule has 0 fully saturated rings. The molecule has 2 N–H and O–H groups in total. The van der Waals surface area contributed by atoms with Crippen LogP contribution in [0.4, 0.5) is 0 Å². The Morgan fingerprint density at radius 1 is 1.25 bits per heavy atom. The summed E-state index contributed by atoms with van der Waals surface area (Å²) in [5.41, 5.74) is 8.20. The predicted molar refractivity (Wildman–Crippen MR) is 74.5 cm³/mol. The minimum atomic E-state index is 0.338. The fraction of sp³-hybridized carbons (Fsp3) is 0.467. The Kier molecular flexibility index (Phi) is 3.97. The maximum Gasteiger partial charge on any atom is 0.228 e. The van der Waals surface area contributed by atoms with Gasteiger partial charge in [0.1, 0.15) is 5.75 Å². The van der Waals surface area contributed by atoms with Crippen LogP contribution < -0.4 is 10.5 Å². The smallest absolute Gasteiger partial charge is 0.228 e. The largest absolute Gasteiger partial charge is 0.485 e. The van der Waals surface area contributed by atoms with Gasteiger partial charge in [0.25, 0.3) is 0 Å². The summed E-state index contributed by atoms with van der Waals surface area (Å²) in [5.74, 6) is 2.09. The zero-order valence-electron chi connectivity index (χ0n) is 11.5. The summed E-state index contributed by atoms with van der Waals surface area (Å²) >= 11 is 0. The number of aromatic nitrogens is 2. The van der Waals surface area contributed by atoms with Gasteiger partial charge in [0.2, 0.25) is 11.7 Å². The third-order valence-electron chi connectivity index (χ3n) is 3.58. The molecule has 20 heavy (non-hydrogen) atoms. The van der Waals surface area contributed by atoms with Gasteiger partial charge in [0.05, 0.1) is 0 Å². The van der Waals surface area contributed by atoms with E-state index in [4.69, 9.17) is 15.0 Å². The Labute approximate surface area is 118 Å². The molecule has 0 spiro atoms. The fourth-order valence-electron chi connectivity index (χ4n) is 2.60. The van der Waals surface area contributed by atoms with Crippen molar-refractivity contribution < 1.29 is 9.26 Å². The van der Waals surface area contributed by atoms with Gasteiger partial charge in [0, 0.05) is 13.0 Å². The monoisotopic (exact) mass is 273 g/mol. The molecule has 0 unspecified atom stereocenters. The molecule has 1 heterocycles. The highest BCUT2D eigenvalue weighted by molar-refractivity contribution is 5.41. The van der Waals surface area contributed by atoms with Gasteiger partial charge in [-0.3, -0.25) is 0 Å². The Morgan fingerprint density at radius 2 is 2.15 bits per heavy atom. The zero-order valence-corrected chi connectivity index (χ0v) is 11.5. The first-order valence-electron chi connectivity index (χ1n) is 7.12. The number of hydrogen-bond donors (Lipinski definition) is 1. The van der Waals surface area contributed by atoms with Gasteiger partial charge in [-0.15, -0.1) is 0 Å². The second-order valence-electron chi connectivity index (χ2n) is 5.03. The summed E-state index contributed by atoms with van der Waals surface area (Å²) in [4.78, 5) is 4.24. The Hall–Kier alpha value is -1.88. The molecule has 0 aliphatic heterocycles. The molecule has 0 saturated carbocycles. The highest BCUT2D eigenvalue weighted by Gasteiger charge is 2.14. The van der Waals surface area contributed by atoms with Crippen LogP contribution in [0.15, 0.2) is 22.7 Å². The van der Waals surface area contributed by atoms with Crippen molar-refractivity contribution in [1.82, 2.24) is 10.1 Å². The first kappa shape index (κ1) is 13.1. The Bertz CT molecular complexity index is 580. The molecule has 1 aliphatic rings. The lowest BCUT2D eigenvalue weighted by Crippen LogP contribution is -2.07. The fourth-order valence-corrected chi connectivity index (χ4v) is 2.60. The van der Waals surface area contributed by atoms with E-state index >= 15 is 0 Å². The van der Waals surface area contributed by atoms with E-state index in [0.717, 1.165) is 18.6 Å². The normalized spacial score (nSPS) is 14.1. The van der Waals surface area contributed by atoms with Gasteiger partial charge in [0.15, 0.2) is 6.61 Å². The molecule has 106 valence electrons. The molecule has 1 aromatic heterocycles. The molecule has 0 atom stereocenters. The molecule has 0 amide bonds. The predicted octanol–water partition coefficient (Wildman–Crippen LogP) is 2.03. The van der Waals surface area contributed by atoms with Crippen molar-refractivity contribution in [2.75, 3.05) is 6.54 Å². The van der Waals surface area contributed by atoms with Gasteiger partial charge in [-0.25, -0.2) is 0 Å². The summed E-state index contributed by atoms with van der Waals surface area (Å²) < 4.78 is 11.0. The van der Waals surface area contributed by atoms with Gasteiger partial charge < -0.3 is 15.0 Å². The van der Waals surface area contributed by atoms with Crippen molar-refractivity contribution in [3.8, 4) is 5.75 Å². The van der Waals surface area contributed by atoms with Crippen LogP contribution in [0, 0.1) is 0 Å². The maximum atomic E-state index is 5.87. The molecule has 0 radical (unpaired) electrons. The van der Waals surface area contributed by atoms with Crippen LogP contribution in [-0.2, 0) is 25.9 Å². The quantitative estimate of drug-likeness (QED) is 0.902. The molecule has 1 aliphatic carbocycles. The maximum absolute atomic E-state index is 5.87. The molecule has 5 nitrogen and oxygen atoms in total. The van der Waals surface area contributed by atoms with Crippen LogP contribution in [0.1, 0.15) is 35.7 Å². The van der Waals surface area contributed by atoms with Crippen molar-refractivity contribution in [2.24, 2.45) is 5.73 Å². The van der Waals surface area contributed by atoms with Crippen molar-refractivity contribution in [1.29, 1.82) is 0 Å². The molecular weight excluding hydrogens is 254 g/mol. The topological polar surface area (TPSA) is 74.2 Å². The number of hydrogen-bond acceptors (Lipinski definition) is 5. The lowest BCUT2D eigenvalue weighted by molar-refractivity contribution is 0.281. The molecule has 2 aromatic rings. The summed E-state index contributed by atoms with van der Waals surface area (Å²) in [5, 5.41) is 3.90. The van der Waals surface area contributed by atoms with Gasteiger partial charge >= 0.3 is 0 Å². The number of ether oxygens (including phenoxy) is 1. The summed E-state index contributed by atoms with van der Waals surface area (Å²) in [6.45, 7) is 0.846. The van der Waals surface area contributed by atoms with E-state index in [-0.39, 0.29) is 0 Å². The van der Waals surface area contributed by atoms with Crippen LogP contribution in [0.2, 0.25) is 0 Å². The summed E-state index contributed by atoms with van der Waals surface area (Å²) in [6.07, 6.45) is 5.35. The minimum Gasteiger partial charge on any atom is -0.485 e. The number of benzene rings is 1. The van der Waals surface area contributed by atoms with Crippen LogP contribution in [0.25, 0.3) is 0 Å². The average molecular weight is 273 g/mol. The van der Waals surface area contributed by atoms with E-state index in [1.54, 1.807) is 0 Å².